The lowest BCUT2D eigenvalue weighted by atomic mass is 10.0. The Hall–Kier alpha value is -3.66. The van der Waals surface area contributed by atoms with Gasteiger partial charge in [-0.3, -0.25) is 9.98 Å². The minimum Gasteiger partial charge on any atom is -0.397 e. The first-order valence-electron chi connectivity index (χ1n) is 10.1. The molecule has 3 rings (SSSR count). The topological polar surface area (TPSA) is 63.3 Å². The molecular formula is C26H28N4. The molecule has 0 atom stereocenters. The summed E-state index contributed by atoms with van der Waals surface area (Å²) in [6.45, 7) is 8.42. The van der Waals surface area contributed by atoms with Crippen molar-refractivity contribution in [3.05, 3.63) is 90.8 Å². The number of aromatic nitrogens is 1. The van der Waals surface area contributed by atoms with Crippen LogP contribution in [0.25, 0.3) is 16.8 Å². The van der Waals surface area contributed by atoms with Gasteiger partial charge in [-0.2, -0.15) is 0 Å². The molecule has 0 spiro atoms. The molecular weight excluding hydrogens is 368 g/mol. The van der Waals surface area contributed by atoms with Crippen LogP contribution >= 0.6 is 0 Å². The largest absolute Gasteiger partial charge is 0.397 e. The van der Waals surface area contributed by atoms with E-state index in [0.717, 1.165) is 52.2 Å². The van der Waals surface area contributed by atoms with Crippen LogP contribution in [0.4, 0.5) is 17.1 Å². The highest BCUT2D eigenvalue weighted by Gasteiger charge is 2.07. The van der Waals surface area contributed by atoms with Crippen LogP contribution in [0.3, 0.4) is 0 Å². The van der Waals surface area contributed by atoms with Gasteiger partial charge in [0.15, 0.2) is 0 Å². The third-order valence-electron chi connectivity index (χ3n) is 4.79. The number of nitrogen functional groups attached to an aromatic ring is 1. The Balaban J connectivity index is 1.75. The minimum atomic E-state index is 0.672. The molecule has 0 saturated carbocycles. The van der Waals surface area contributed by atoms with E-state index in [-0.39, 0.29) is 0 Å². The summed E-state index contributed by atoms with van der Waals surface area (Å²) in [5.74, 6) is 0. The fraction of sp³-hybridized carbons (Fsp3) is 0.154. The Morgan fingerprint density at radius 1 is 1.10 bits per heavy atom. The minimum absolute atomic E-state index is 0.672. The lowest BCUT2D eigenvalue weighted by Gasteiger charge is -2.14. The molecule has 1 heterocycles. The van der Waals surface area contributed by atoms with Crippen LogP contribution in [-0.4, -0.2) is 11.2 Å². The molecule has 4 nitrogen and oxygen atoms in total. The van der Waals surface area contributed by atoms with Crippen LogP contribution in [0, 0.1) is 6.92 Å². The summed E-state index contributed by atoms with van der Waals surface area (Å²) in [5.41, 5.74) is 13.7. The van der Waals surface area contributed by atoms with Crippen molar-refractivity contribution in [3.8, 4) is 11.1 Å². The van der Waals surface area contributed by atoms with Crippen LogP contribution in [-0.2, 0) is 0 Å². The van der Waals surface area contributed by atoms with Gasteiger partial charge in [0.1, 0.15) is 0 Å². The number of nitrogens with zero attached hydrogens (tertiary/aromatic N) is 2. The van der Waals surface area contributed by atoms with E-state index < -0.39 is 0 Å². The predicted molar refractivity (Wildman–Crippen MR) is 130 cm³/mol. The van der Waals surface area contributed by atoms with E-state index >= 15 is 0 Å². The first kappa shape index (κ1) is 21.1. The van der Waals surface area contributed by atoms with E-state index in [9.17, 15) is 0 Å². The van der Waals surface area contributed by atoms with E-state index in [0.29, 0.717) is 5.69 Å². The van der Waals surface area contributed by atoms with Crippen LogP contribution < -0.4 is 11.1 Å². The molecule has 2 aromatic carbocycles. The van der Waals surface area contributed by atoms with Crippen LogP contribution in [0.15, 0.2) is 84.6 Å². The zero-order valence-corrected chi connectivity index (χ0v) is 17.6. The van der Waals surface area contributed by atoms with Gasteiger partial charge >= 0.3 is 0 Å². The molecule has 0 amide bonds. The summed E-state index contributed by atoms with van der Waals surface area (Å²) >= 11 is 0. The second kappa shape index (κ2) is 10.2. The van der Waals surface area contributed by atoms with E-state index in [1.807, 2.05) is 54.8 Å². The monoisotopic (exact) mass is 396 g/mol. The number of nitrogens with two attached hydrogens (primary N) is 1. The number of benzene rings is 2. The summed E-state index contributed by atoms with van der Waals surface area (Å²) in [4.78, 5) is 8.61. The molecule has 0 unspecified atom stereocenters. The standard InChI is InChI=1S/C26H28N4/c1-4-5-6-7-14-29-25-11-9-22(17-19(25)2)20(3)30-26-18-23(8-10-24(26)27)21-12-15-28-16-13-21/h6-18,30H,3-5,27H2,1-2H3/b7-6+,29-14?. The third kappa shape index (κ3) is 5.45. The number of pyridine rings is 1. The Labute approximate surface area is 178 Å². The number of rotatable bonds is 8. The van der Waals surface area contributed by atoms with E-state index in [4.69, 9.17) is 5.73 Å². The lowest BCUT2D eigenvalue weighted by Crippen LogP contribution is -2.01. The molecule has 0 aliphatic carbocycles. The van der Waals surface area contributed by atoms with Crippen LogP contribution in [0.5, 0.6) is 0 Å². The summed E-state index contributed by atoms with van der Waals surface area (Å²) in [6.07, 6.45) is 11.7. The normalized spacial score (nSPS) is 11.3. The quantitative estimate of drug-likeness (QED) is 0.326. The van der Waals surface area contributed by atoms with Gasteiger partial charge < -0.3 is 11.1 Å². The highest BCUT2D eigenvalue weighted by atomic mass is 14.9. The molecule has 3 N–H and O–H groups in total. The Bertz CT molecular complexity index is 1070. The van der Waals surface area contributed by atoms with Crippen molar-refractivity contribution in [1.29, 1.82) is 0 Å². The van der Waals surface area contributed by atoms with Gasteiger partial charge in [-0.1, -0.05) is 38.1 Å². The van der Waals surface area contributed by atoms with Crippen molar-refractivity contribution in [2.24, 2.45) is 4.99 Å². The van der Waals surface area contributed by atoms with Gasteiger partial charge in [-0.15, -0.1) is 0 Å². The first-order chi connectivity index (χ1) is 14.6. The van der Waals surface area contributed by atoms with Crippen molar-refractivity contribution in [3.63, 3.8) is 0 Å². The number of unbranched alkanes of at least 4 members (excludes halogenated alkanes) is 1. The molecule has 3 aromatic rings. The number of hydrogen-bond donors (Lipinski definition) is 2. The molecule has 0 radical (unpaired) electrons. The fourth-order valence-electron chi connectivity index (χ4n) is 3.06. The van der Waals surface area contributed by atoms with Crippen LogP contribution in [0.1, 0.15) is 30.9 Å². The van der Waals surface area contributed by atoms with Gasteiger partial charge in [-0.05, 0) is 78.1 Å². The molecule has 0 fully saturated rings. The number of allylic oxidation sites excluding steroid dienone is 2. The van der Waals surface area contributed by atoms with Gasteiger partial charge in [0.2, 0.25) is 0 Å². The number of aliphatic imine (C=N–C) groups is 1. The second-order valence-electron chi connectivity index (χ2n) is 7.14. The maximum Gasteiger partial charge on any atom is 0.0659 e. The number of aryl methyl sites for hydroxylation is 1. The SMILES string of the molecule is C=C(Nc1cc(-c2ccncc2)ccc1N)c1ccc(N=C/C=C/CCC)c(C)c1. The van der Waals surface area contributed by atoms with Crippen molar-refractivity contribution >= 4 is 29.0 Å². The Morgan fingerprint density at radius 2 is 1.90 bits per heavy atom. The van der Waals surface area contributed by atoms with E-state index in [1.54, 1.807) is 12.4 Å². The summed E-state index contributed by atoms with van der Waals surface area (Å²) in [6, 6.07) is 16.0. The number of anilines is 2. The Kier molecular flexibility index (Phi) is 7.17. The highest BCUT2D eigenvalue weighted by molar-refractivity contribution is 5.85. The second-order valence-corrected chi connectivity index (χ2v) is 7.14. The van der Waals surface area contributed by atoms with E-state index in [2.05, 4.69) is 47.9 Å². The smallest absolute Gasteiger partial charge is 0.0659 e. The molecule has 4 heteroatoms. The molecule has 0 aliphatic rings. The van der Waals surface area contributed by atoms with Crippen molar-refractivity contribution in [2.75, 3.05) is 11.1 Å². The zero-order chi connectivity index (χ0) is 21.3. The molecule has 30 heavy (non-hydrogen) atoms. The molecule has 0 bridgehead atoms. The number of nitrogens with one attached hydrogen (secondary N) is 1. The lowest BCUT2D eigenvalue weighted by molar-refractivity contribution is 0.960. The van der Waals surface area contributed by atoms with Crippen LogP contribution in [0.2, 0.25) is 0 Å². The van der Waals surface area contributed by atoms with E-state index in [1.165, 1.54) is 0 Å². The first-order valence-corrected chi connectivity index (χ1v) is 10.1. The molecule has 0 aliphatic heterocycles. The van der Waals surface area contributed by atoms with Crippen molar-refractivity contribution in [1.82, 2.24) is 4.98 Å². The fourth-order valence-corrected chi connectivity index (χ4v) is 3.06. The van der Waals surface area contributed by atoms with Crippen molar-refractivity contribution in [2.45, 2.75) is 26.7 Å². The number of hydrogen-bond acceptors (Lipinski definition) is 4. The molecule has 1 aromatic heterocycles. The summed E-state index contributed by atoms with van der Waals surface area (Å²) in [7, 11) is 0. The van der Waals surface area contributed by atoms with Crippen molar-refractivity contribution < 1.29 is 0 Å². The average molecular weight is 397 g/mol. The average Bonchev–Trinajstić information content (AvgIpc) is 2.76. The van der Waals surface area contributed by atoms with Gasteiger partial charge in [0.25, 0.3) is 0 Å². The maximum atomic E-state index is 6.20. The van der Waals surface area contributed by atoms with Gasteiger partial charge in [-0.25, -0.2) is 0 Å². The Morgan fingerprint density at radius 3 is 2.63 bits per heavy atom. The predicted octanol–water partition coefficient (Wildman–Crippen LogP) is 6.78. The molecule has 152 valence electrons. The summed E-state index contributed by atoms with van der Waals surface area (Å²) < 4.78 is 0. The van der Waals surface area contributed by atoms with Gasteiger partial charge in [0.05, 0.1) is 17.1 Å². The van der Waals surface area contributed by atoms with Gasteiger partial charge in [0, 0.05) is 24.3 Å². The zero-order valence-electron chi connectivity index (χ0n) is 17.6. The molecule has 0 saturated heterocycles. The summed E-state index contributed by atoms with van der Waals surface area (Å²) in [5, 5.41) is 3.36. The third-order valence-corrected chi connectivity index (χ3v) is 4.79. The highest BCUT2D eigenvalue weighted by Crippen LogP contribution is 2.30. The maximum absolute atomic E-state index is 6.20.